The zero-order valence-electron chi connectivity index (χ0n) is 14.7. The maximum Gasteiger partial charge on any atom is 0.258 e. The monoisotopic (exact) mass is 340 g/mol. The maximum absolute atomic E-state index is 11.9. The van der Waals surface area contributed by atoms with Crippen molar-refractivity contribution in [2.75, 3.05) is 31.1 Å². The normalized spacial score (nSPS) is 10.2. The Balaban J connectivity index is 1.78. The van der Waals surface area contributed by atoms with Gasteiger partial charge >= 0.3 is 0 Å². The van der Waals surface area contributed by atoms with Gasteiger partial charge in [0.2, 0.25) is 0 Å². The molecule has 1 N–H and O–H groups in total. The first-order chi connectivity index (χ1) is 12.1. The van der Waals surface area contributed by atoms with Gasteiger partial charge in [-0.15, -0.1) is 0 Å². The van der Waals surface area contributed by atoms with Crippen LogP contribution in [0.5, 0.6) is 5.75 Å². The number of nitrogens with one attached hydrogen (secondary N) is 1. The van der Waals surface area contributed by atoms with Gasteiger partial charge in [0.1, 0.15) is 5.75 Å². The fourth-order valence-corrected chi connectivity index (χ4v) is 2.53. The van der Waals surface area contributed by atoms with E-state index in [1.165, 1.54) is 5.56 Å². The second-order valence-corrected chi connectivity index (χ2v) is 5.71. The molecule has 2 rings (SSSR count). The lowest BCUT2D eigenvalue weighted by atomic mass is 10.2. The van der Waals surface area contributed by atoms with Crippen LogP contribution in [0.2, 0.25) is 0 Å². The van der Waals surface area contributed by atoms with Crippen LogP contribution in [0.4, 0.5) is 5.69 Å². The van der Waals surface area contributed by atoms with E-state index >= 15 is 0 Å². The van der Waals surface area contributed by atoms with E-state index in [9.17, 15) is 9.59 Å². The molecule has 0 aliphatic heterocycles. The molecule has 1 amide bonds. The summed E-state index contributed by atoms with van der Waals surface area (Å²) >= 11 is 0. The predicted molar refractivity (Wildman–Crippen MR) is 99.4 cm³/mol. The highest BCUT2D eigenvalue weighted by Gasteiger charge is 2.08. The van der Waals surface area contributed by atoms with Crippen LogP contribution in [0.15, 0.2) is 48.5 Å². The molecule has 0 atom stereocenters. The van der Waals surface area contributed by atoms with Gasteiger partial charge in [-0.05, 0) is 43.7 Å². The van der Waals surface area contributed by atoms with Gasteiger partial charge in [0, 0.05) is 25.3 Å². The molecule has 25 heavy (non-hydrogen) atoms. The molecular weight excluding hydrogens is 316 g/mol. The summed E-state index contributed by atoms with van der Waals surface area (Å²) in [5.41, 5.74) is 2.79. The van der Waals surface area contributed by atoms with Gasteiger partial charge in [-0.2, -0.15) is 0 Å². The van der Waals surface area contributed by atoms with Crippen molar-refractivity contribution < 1.29 is 14.3 Å². The van der Waals surface area contributed by atoms with Crippen molar-refractivity contribution >= 4 is 17.9 Å². The number of ether oxygens (including phenoxy) is 1. The summed E-state index contributed by atoms with van der Waals surface area (Å²) in [7, 11) is 0. The van der Waals surface area contributed by atoms with Crippen LogP contribution in [0.3, 0.4) is 0 Å². The largest absolute Gasteiger partial charge is 0.483 e. The van der Waals surface area contributed by atoms with Crippen LogP contribution in [0.25, 0.3) is 0 Å². The number of carbonyl (C=O) groups is 2. The third kappa shape index (κ3) is 5.64. The molecule has 5 heteroatoms. The van der Waals surface area contributed by atoms with Gasteiger partial charge in [0.15, 0.2) is 12.9 Å². The maximum atomic E-state index is 11.9. The SMILES string of the molecule is CCN(CCNC(=O)COc1ccccc1C=O)c1cccc(C)c1. The second-order valence-electron chi connectivity index (χ2n) is 5.71. The molecule has 2 aromatic rings. The molecule has 0 aromatic heterocycles. The highest BCUT2D eigenvalue weighted by molar-refractivity contribution is 5.80. The van der Waals surface area contributed by atoms with Crippen molar-refractivity contribution in [1.82, 2.24) is 5.32 Å². The molecular formula is C20H24N2O3. The molecule has 2 aromatic carbocycles. The van der Waals surface area contributed by atoms with E-state index in [0.29, 0.717) is 24.1 Å². The van der Waals surface area contributed by atoms with Crippen LogP contribution < -0.4 is 15.0 Å². The van der Waals surface area contributed by atoms with E-state index in [-0.39, 0.29) is 12.5 Å². The van der Waals surface area contributed by atoms with Crippen LogP contribution in [0.1, 0.15) is 22.8 Å². The highest BCUT2D eigenvalue weighted by atomic mass is 16.5. The molecule has 132 valence electrons. The lowest BCUT2D eigenvalue weighted by Gasteiger charge is -2.23. The number of benzene rings is 2. The quantitative estimate of drug-likeness (QED) is 0.713. The molecule has 0 heterocycles. The number of anilines is 1. The average Bonchev–Trinajstić information content (AvgIpc) is 2.63. The van der Waals surface area contributed by atoms with Gasteiger partial charge < -0.3 is 15.0 Å². The second kappa shape index (κ2) is 9.47. The average molecular weight is 340 g/mol. The Hall–Kier alpha value is -2.82. The zero-order valence-corrected chi connectivity index (χ0v) is 14.7. The van der Waals surface area contributed by atoms with Gasteiger partial charge in [-0.1, -0.05) is 24.3 Å². The number of carbonyl (C=O) groups excluding carboxylic acids is 2. The van der Waals surface area contributed by atoms with Crippen LogP contribution in [0, 0.1) is 6.92 Å². The Morgan fingerprint density at radius 1 is 1.20 bits per heavy atom. The van der Waals surface area contributed by atoms with Gasteiger partial charge in [0.05, 0.1) is 5.56 Å². The van der Waals surface area contributed by atoms with Crippen molar-refractivity contribution in [1.29, 1.82) is 0 Å². The first kappa shape index (κ1) is 18.5. The minimum Gasteiger partial charge on any atom is -0.483 e. The lowest BCUT2D eigenvalue weighted by molar-refractivity contribution is -0.123. The first-order valence-corrected chi connectivity index (χ1v) is 8.39. The summed E-state index contributed by atoms with van der Waals surface area (Å²) in [5.74, 6) is 0.212. The molecule has 0 saturated heterocycles. The van der Waals surface area contributed by atoms with Crippen molar-refractivity contribution in [2.24, 2.45) is 0 Å². The third-order valence-electron chi connectivity index (χ3n) is 3.86. The van der Waals surface area contributed by atoms with E-state index < -0.39 is 0 Å². The molecule has 0 unspecified atom stereocenters. The number of likely N-dealkylation sites (N-methyl/N-ethyl adjacent to an activating group) is 1. The standard InChI is InChI=1S/C20H24N2O3/c1-3-22(18-9-6-7-16(2)13-18)12-11-21-20(24)15-25-19-10-5-4-8-17(19)14-23/h4-10,13-14H,3,11-12,15H2,1-2H3,(H,21,24). The van der Waals surface area contributed by atoms with E-state index in [0.717, 1.165) is 18.8 Å². The molecule has 0 saturated carbocycles. The number of amides is 1. The Morgan fingerprint density at radius 3 is 2.72 bits per heavy atom. The number of nitrogens with zero attached hydrogens (tertiary/aromatic N) is 1. The fraction of sp³-hybridized carbons (Fsp3) is 0.300. The first-order valence-electron chi connectivity index (χ1n) is 8.39. The summed E-state index contributed by atoms with van der Waals surface area (Å²) in [6.45, 7) is 6.15. The summed E-state index contributed by atoms with van der Waals surface area (Å²) in [5, 5.41) is 2.85. The van der Waals surface area contributed by atoms with Crippen molar-refractivity contribution in [2.45, 2.75) is 13.8 Å². The van der Waals surface area contributed by atoms with Crippen molar-refractivity contribution in [3.63, 3.8) is 0 Å². The highest BCUT2D eigenvalue weighted by Crippen LogP contribution is 2.16. The molecule has 0 bridgehead atoms. The zero-order chi connectivity index (χ0) is 18.1. The van der Waals surface area contributed by atoms with Crippen molar-refractivity contribution in [3.05, 3.63) is 59.7 Å². The number of hydrogen-bond donors (Lipinski definition) is 1. The molecule has 0 fully saturated rings. The number of aldehydes is 1. The van der Waals surface area contributed by atoms with Gasteiger partial charge in [-0.3, -0.25) is 9.59 Å². The minimum atomic E-state index is -0.207. The Kier molecular flexibility index (Phi) is 7.01. The lowest BCUT2D eigenvalue weighted by Crippen LogP contribution is -2.37. The van der Waals surface area contributed by atoms with E-state index in [2.05, 4.69) is 42.3 Å². The fourth-order valence-electron chi connectivity index (χ4n) is 2.53. The smallest absolute Gasteiger partial charge is 0.258 e. The number of rotatable bonds is 9. The number of hydrogen-bond acceptors (Lipinski definition) is 4. The molecule has 0 spiro atoms. The number of aryl methyl sites for hydroxylation is 1. The molecule has 0 radical (unpaired) electrons. The Labute approximate surface area is 148 Å². The van der Waals surface area contributed by atoms with Gasteiger partial charge in [-0.25, -0.2) is 0 Å². The molecule has 0 aliphatic carbocycles. The molecule has 0 aliphatic rings. The van der Waals surface area contributed by atoms with Crippen LogP contribution in [-0.4, -0.2) is 38.4 Å². The van der Waals surface area contributed by atoms with Crippen LogP contribution >= 0.6 is 0 Å². The third-order valence-corrected chi connectivity index (χ3v) is 3.86. The Bertz CT molecular complexity index is 716. The van der Waals surface area contributed by atoms with Crippen molar-refractivity contribution in [3.8, 4) is 5.75 Å². The minimum absolute atomic E-state index is 0.110. The van der Waals surface area contributed by atoms with Gasteiger partial charge in [0.25, 0.3) is 5.91 Å². The van der Waals surface area contributed by atoms with E-state index in [1.54, 1.807) is 24.3 Å². The summed E-state index contributed by atoms with van der Waals surface area (Å²) in [6.07, 6.45) is 0.716. The van der Waals surface area contributed by atoms with E-state index in [1.807, 2.05) is 6.07 Å². The summed E-state index contributed by atoms with van der Waals surface area (Å²) in [4.78, 5) is 25.1. The summed E-state index contributed by atoms with van der Waals surface area (Å²) < 4.78 is 5.42. The van der Waals surface area contributed by atoms with E-state index in [4.69, 9.17) is 4.74 Å². The predicted octanol–water partition coefficient (Wildman–Crippen LogP) is 2.83. The topological polar surface area (TPSA) is 58.6 Å². The Morgan fingerprint density at radius 2 is 2.00 bits per heavy atom. The summed E-state index contributed by atoms with van der Waals surface area (Å²) in [6, 6.07) is 15.1. The molecule has 5 nitrogen and oxygen atoms in total. The van der Waals surface area contributed by atoms with Crippen LogP contribution in [-0.2, 0) is 4.79 Å². The number of para-hydroxylation sites is 1.